The van der Waals surface area contributed by atoms with Gasteiger partial charge in [-0.05, 0) is 28.7 Å². The number of hydrogen-bond donors (Lipinski definition) is 2. The first-order valence-corrected chi connectivity index (χ1v) is 8.10. The summed E-state index contributed by atoms with van der Waals surface area (Å²) in [6.07, 6.45) is 2.23. The van der Waals surface area contributed by atoms with Gasteiger partial charge in [0.15, 0.2) is 0 Å². The van der Waals surface area contributed by atoms with E-state index in [-0.39, 0.29) is 6.16 Å². The summed E-state index contributed by atoms with van der Waals surface area (Å²) < 4.78 is 11.2. The lowest BCUT2D eigenvalue weighted by Gasteiger charge is -2.10. The van der Waals surface area contributed by atoms with Crippen LogP contribution >= 0.6 is 7.60 Å². The van der Waals surface area contributed by atoms with Crippen molar-refractivity contribution in [2.75, 3.05) is 0 Å². The molecule has 0 spiro atoms. The van der Waals surface area contributed by atoms with Crippen LogP contribution in [0.5, 0.6) is 0 Å². The fourth-order valence-corrected chi connectivity index (χ4v) is 2.85. The van der Waals surface area contributed by atoms with Gasteiger partial charge in [0.2, 0.25) is 0 Å². The van der Waals surface area contributed by atoms with Crippen LogP contribution in [-0.2, 0) is 17.1 Å². The first kappa shape index (κ1) is 14.7. The van der Waals surface area contributed by atoms with Gasteiger partial charge < -0.3 is 9.79 Å². The molecule has 0 unspecified atom stereocenters. The van der Waals surface area contributed by atoms with Gasteiger partial charge in [0, 0.05) is 0 Å². The summed E-state index contributed by atoms with van der Waals surface area (Å²) in [7, 11) is -4.05. The maximum Gasteiger partial charge on any atom is 0.329 e. The molecule has 2 aromatic carbocycles. The zero-order valence-corrected chi connectivity index (χ0v) is 12.0. The topological polar surface area (TPSA) is 57.5 Å². The van der Waals surface area contributed by atoms with Gasteiger partial charge in [0.25, 0.3) is 0 Å². The van der Waals surface area contributed by atoms with Crippen LogP contribution in [0.3, 0.4) is 0 Å². The summed E-state index contributed by atoms with van der Waals surface area (Å²) in [4.78, 5) is 18.3. The Morgan fingerprint density at radius 2 is 1.60 bits per heavy atom. The van der Waals surface area contributed by atoms with Gasteiger partial charge >= 0.3 is 7.60 Å². The highest BCUT2D eigenvalue weighted by Crippen LogP contribution is 2.40. The predicted molar refractivity (Wildman–Crippen MR) is 81.5 cm³/mol. The first-order valence-electron chi connectivity index (χ1n) is 6.31. The monoisotopic (exact) mass is 288 g/mol. The highest BCUT2D eigenvalue weighted by atomic mass is 31.2. The summed E-state index contributed by atoms with van der Waals surface area (Å²) in [6, 6.07) is 15.3. The molecule has 4 heteroatoms. The molecule has 0 radical (unpaired) electrons. The largest absolute Gasteiger partial charge is 0.329 e. The second-order valence-corrected chi connectivity index (χ2v) is 6.36. The van der Waals surface area contributed by atoms with Crippen LogP contribution in [0, 0.1) is 0 Å². The lowest BCUT2D eigenvalue weighted by Crippen LogP contribution is -1.96. The SMILES string of the molecule is C=Cc1ccc(Cc2ccccc2CP(=O)(O)O)cc1. The minimum atomic E-state index is -4.05. The highest BCUT2D eigenvalue weighted by molar-refractivity contribution is 7.50. The molecule has 0 fully saturated rings. The van der Waals surface area contributed by atoms with Crippen LogP contribution in [0.15, 0.2) is 55.1 Å². The van der Waals surface area contributed by atoms with Gasteiger partial charge in [-0.1, -0.05) is 61.2 Å². The third-order valence-electron chi connectivity index (χ3n) is 3.10. The summed E-state index contributed by atoms with van der Waals surface area (Å²) in [5.74, 6) is 0. The number of rotatable bonds is 5. The van der Waals surface area contributed by atoms with Crippen molar-refractivity contribution >= 4 is 13.7 Å². The fraction of sp³-hybridized carbons (Fsp3) is 0.125. The summed E-state index contributed by atoms with van der Waals surface area (Å²) in [5, 5.41) is 0. The van der Waals surface area contributed by atoms with Gasteiger partial charge in [-0.3, -0.25) is 4.57 Å². The van der Waals surface area contributed by atoms with E-state index in [9.17, 15) is 4.57 Å². The standard InChI is InChI=1S/C16H17O3P/c1-2-13-7-9-14(10-8-13)11-15-5-3-4-6-16(15)12-20(17,18)19/h2-10H,1,11-12H2,(H2,17,18,19). The Labute approximate surface area is 118 Å². The second-order valence-electron chi connectivity index (χ2n) is 4.71. The summed E-state index contributed by atoms with van der Waals surface area (Å²) in [5.41, 5.74) is 3.81. The van der Waals surface area contributed by atoms with Crippen LogP contribution in [-0.4, -0.2) is 9.79 Å². The Morgan fingerprint density at radius 1 is 1.00 bits per heavy atom. The lowest BCUT2D eigenvalue weighted by atomic mass is 10.00. The van der Waals surface area contributed by atoms with E-state index in [1.54, 1.807) is 18.2 Å². The molecule has 0 aromatic heterocycles. The normalized spacial score (nSPS) is 11.3. The molecular weight excluding hydrogens is 271 g/mol. The molecule has 0 saturated heterocycles. The minimum absolute atomic E-state index is 0.214. The molecule has 3 nitrogen and oxygen atoms in total. The first-order chi connectivity index (χ1) is 9.48. The molecule has 0 aliphatic rings. The van der Waals surface area contributed by atoms with Crippen molar-refractivity contribution in [2.45, 2.75) is 12.6 Å². The van der Waals surface area contributed by atoms with Crippen molar-refractivity contribution in [3.63, 3.8) is 0 Å². The Morgan fingerprint density at radius 3 is 2.15 bits per heavy atom. The third kappa shape index (κ3) is 4.17. The molecule has 2 rings (SSSR count). The van der Waals surface area contributed by atoms with E-state index in [4.69, 9.17) is 9.79 Å². The quantitative estimate of drug-likeness (QED) is 0.826. The molecule has 20 heavy (non-hydrogen) atoms. The maximum atomic E-state index is 11.2. The predicted octanol–water partition coefficient (Wildman–Crippen LogP) is 3.60. The van der Waals surface area contributed by atoms with Crippen molar-refractivity contribution in [1.82, 2.24) is 0 Å². The van der Waals surface area contributed by atoms with E-state index in [1.165, 1.54) is 0 Å². The summed E-state index contributed by atoms with van der Waals surface area (Å²) in [6.45, 7) is 3.71. The molecular formula is C16H17O3P. The van der Waals surface area contributed by atoms with E-state index in [0.29, 0.717) is 12.0 Å². The van der Waals surface area contributed by atoms with Crippen molar-refractivity contribution in [3.05, 3.63) is 77.4 Å². The highest BCUT2D eigenvalue weighted by Gasteiger charge is 2.16. The van der Waals surface area contributed by atoms with Gasteiger partial charge in [-0.2, -0.15) is 0 Å². The molecule has 2 aromatic rings. The molecule has 0 heterocycles. The Bertz CT molecular complexity index is 641. The van der Waals surface area contributed by atoms with Crippen molar-refractivity contribution in [2.24, 2.45) is 0 Å². The van der Waals surface area contributed by atoms with Crippen LogP contribution in [0.1, 0.15) is 22.3 Å². The van der Waals surface area contributed by atoms with Crippen LogP contribution in [0.25, 0.3) is 6.08 Å². The van der Waals surface area contributed by atoms with E-state index in [2.05, 4.69) is 6.58 Å². The third-order valence-corrected chi connectivity index (χ3v) is 3.86. The second kappa shape index (κ2) is 6.19. The zero-order chi connectivity index (χ0) is 14.6. The maximum absolute atomic E-state index is 11.2. The van der Waals surface area contributed by atoms with Crippen LogP contribution < -0.4 is 0 Å². The van der Waals surface area contributed by atoms with Gasteiger partial charge in [0.1, 0.15) is 0 Å². The average Bonchev–Trinajstić information content (AvgIpc) is 2.40. The van der Waals surface area contributed by atoms with Crippen molar-refractivity contribution in [3.8, 4) is 0 Å². The molecule has 0 aliphatic carbocycles. The van der Waals surface area contributed by atoms with Crippen LogP contribution in [0.4, 0.5) is 0 Å². The van der Waals surface area contributed by atoms with E-state index in [0.717, 1.165) is 16.7 Å². The van der Waals surface area contributed by atoms with Gasteiger partial charge in [-0.25, -0.2) is 0 Å². The molecule has 0 aliphatic heterocycles. The van der Waals surface area contributed by atoms with E-state index in [1.807, 2.05) is 36.4 Å². The molecule has 0 amide bonds. The Kier molecular flexibility index (Phi) is 4.56. The lowest BCUT2D eigenvalue weighted by molar-refractivity contribution is 0.371. The average molecular weight is 288 g/mol. The van der Waals surface area contributed by atoms with Crippen molar-refractivity contribution < 1.29 is 14.4 Å². The molecule has 104 valence electrons. The molecule has 0 bridgehead atoms. The van der Waals surface area contributed by atoms with Crippen molar-refractivity contribution in [1.29, 1.82) is 0 Å². The number of benzene rings is 2. The summed E-state index contributed by atoms with van der Waals surface area (Å²) >= 11 is 0. The van der Waals surface area contributed by atoms with Gasteiger partial charge in [-0.15, -0.1) is 0 Å². The number of hydrogen-bond acceptors (Lipinski definition) is 1. The van der Waals surface area contributed by atoms with Gasteiger partial charge in [0.05, 0.1) is 6.16 Å². The smallest absolute Gasteiger partial charge is 0.324 e. The van der Waals surface area contributed by atoms with E-state index >= 15 is 0 Å². The van der Waals surface area contributed by atoms with E-state index < -0.39 is 7.60 Å². The van der Waals surface area contributed by atoms with Crippen LogP contribution in [0.2, 0.25) is 0 Å². The minimum Gasteiger partial charge on any atom is -0.324 e. The molecule has 0 saturated carbocycles. The fourth-order valence-electron chi connectivity index (χ4n) is 2.10. The molecule has 0 atom stereocenters. The zero-order valence-electron chi connectivity index (χ0n) is 11.1. The molecule has 2 N–H and O–H groups in total. The Balaban J connectivity index is 2.24. The Hall–Kier alpha value is -1.67.